The summed E-state index contributed by atoms with van der Waals surface area (Å²) >= 11 is 0. The highest BCUT2D eigenvalue weighted by molar-refractivity contribution is 7.90. The van der Waals surface area contributed by atoms with E-state index >= 15 is 0 Å². The second-order valence-corrected chi connectivity index (χ2v) is 4.89. The maximum atomic E-state index is 10.6. The summed E-state index contributed by atoms with van der Waals surface area (Å²) in [6.45, 7) is 5.52. The zero-order valence-electron chi connectivity index (χ0n) is 6.50. The van der Waals surface area contributed by atoms with Crippen LogP contribution in [0.2, 0.25) is 0 Å². The van der Waals surface area contributed by atoms with E-state index in [4.69, 9.17) is 0 Å². The Morgan fingerprint density at radius 2 is 2.10 bits per heavy atom. The van der Waals surface area contributed by atoms with Gasteiger partial charge in [0.2, 0.25) is 0 Å². The summed E-state index contributed by atoms with van der Waals surface area (Å²) in [5.74, 6) is 0.565. The minimum absolute atomic E-state index is 0.264. The fraction of sp³-hybridized carbons (Fsp3) is 0.714. The van der Waals surface area contributed by atoms with Gasteiger partial charge in [0.1, 0.15) is 9.84 Å². The van der Waals surface area contributed by atoms with E-state index in [0.717, 1.165) is 0 Å². The number of rotatable bonds is 4. The van der Waals surface area contributed by atoms with Crippen LogP contribution >= 0.6 is 0 Å². The van der Waals surface area contributed by atoms with Crippen molar-refractivity contribution in [3.05, 3.63) is 12.7 Å². The van der Waals surface area contributed by atoms with Crippen molar-refractivity contribution in [2.24, 2.45) is 5.92 Å². The molecule has 0 saturated heterocycles. The Kier molecular flexibility index (Phi) is 3.64. The monoisotopic (exact) mass is 162 g/mol. The molecule has 0 aliphatic carbocycles. The summed E-state index contributed by atoms with van der Waals surface area (Å²) in [6.07, 6.45) is 3.70. The molecule has 0 bridgehead atoms. The minimum atomic E-state index is -2.78. The van der Waals surface area contributed by atoms with Crippen LogP contribution in [0, 0.1) is 5.92 Å². The fourth-order valence-corrected chi connectivity index (χ4v) is 1.32. The van der Waals surface area contributed by atoms with Crippen molar-refractivity contribution in [1.82, 2.24) is 0 Å². The molecular weight excluding hydrogens is 148 g/mol. The van der Waals surface area contributed by atoms with Crippen molar-refractivity contribution in [3.8, 4) is 0 Å². The maximum absolute atomic E-state index is 10.6. The summed E-state index contributed by atoms with van der Waals surface area (Å²) in [4.78, 5) is 0. The molecule has 0 aromatic heterocycles. The van der Waals surface area contributed by atoms with E-state index < -0.39 is 9.84 Å². The van der Waals surface area contributed by atoms with Crippen LogP contribution in [0.3, 0.4) is 0 Å². The minimum Gasteiger partial charge on any atom is -0.229 e. The third kappa shape index (κ3) is 5.82. The molecule has 0 radical (unpaired) electrons. The molecule has 0 aromatic carbocycles. The third-order valence-corrected chi connectivity index (χ3v) is 2.32. The molecule has 0 N–H and O–H groups in total. The highest BCUT2D eigenvalue weighted by Gasteiger charge is 2.03. The average molecular weight is 162 g/mol. The van der Waals surface area contributed by atoms with E-state index in [2.05, 4.69) is 6.58 Å². The maximum Gasteiger partial charge on any atom is 0.147 e. The predicted octanol–water partition coefficient (Wildman–Crippen LogP) is 1.24. The highest BCUT2D eigenvalue weighted by Crippen LogP contribution is 2.03. The topological polar surface area (TPSA) is 34.1 Å². The number of allylic oxidation sites excluding steroid dienone is 1. The zero-order chi connectivity index (χ0) is 8.20. The molecule has 0 saturated carbocycles. The van der Waals surface area contributed by atoms with Gasteiger partial charge in [0.05, 0.1) is 5.75 Å². The van der Waals surface area contributed by atoms with Gasteiger partial charge in [0.25, 0.3) is 0 Å². The van der Waals surface area contributed by atoms with Gasteiger partial charge >= 0.3 is 0 Å². The Labute approximate surface area is 62.9 Å². The molecule has 0 aliphatic heterocycles. The molecule has 10 heavy (non-hydrogen) atoms. The molecule has 0 rings (SSSR count). The van der Waals surface area contributed by atoms with Gasteiger partial charge in [-0.15, -0.1) is 6.58 Å². The SMILES string of the molecule is C=CC(C)CCS(C)(=O)=O. The number of hydrogen-bond acceptors (Lipinski definition) is 2. The van der Waals surface area contributed by atoms with Crippen LogP contribution in [0.5, 0.6) is 0 Å². The molecule has 0 spiro atoms. The normalized spacial score (nSPS) is 14.6. The van der Waals surface area contributed by atoms with Gasteiger partial charge in [0, 0.05) is 6.26 Å². The smallest absolute Gasteiger partial charge is 0.147 e. The van der Waals surface area contributed by atoms with Crippen molar-refractivity contribution in [3.63, 3.8) is 0 Å². The number of sulfone groups is 1. The molecule has 0 aliphatic rings. The fourth-order valence-electron chi connectivity index (χ4n) is 0.518. The van der Waals surface area contributed by atoms with Crippen molar-refractivity contribution in [2.75, 3.05) is 12.0 Å². The first-order valence-corrected chi connectivity index (χ1v) is 5.32. The van der Waals surface area contributed by atoms with Gasteiger partial charge in [-0.1, -0.05) is 13.0 Å². The third-order valence-electron chi connectivity index (χ3n) is 1.35. The molecule has 60 valence electrons. The van der Waals surface area contributed by atoms with E-state index in [1.54, 1.807) is 6.08 Å². The van der Waals surface area contributed by atoms with Crippen molar-refractivity contribution in [1.29, 1.82) is 0 Å². The van der Waals surface area contributed by atoms with Crippen LogP contribution in [-0.4, -0.2) is 20.4 Å². The summed E-state index contributed by atoms with van der Waals surface area (Å²) in [5, 5.41) is 0. The molecule has 0 aromatic rings. The average Bonchev–Trinajstić information content (AvgIpc) is 1.81. The Bertz CT molecular complexity index is 192. The summed E-state index contributed by atoms with van der Waals surface area (Å²) in [6, 6.07) is 0. The quantitative estimate of drug-likeness (QED) is 0.583. The van der Waals surface area contributed by atoms with Gasteiger partial charge in [-0.05, 0) is 12.3 Å². The molecule has 2 nitrogen and oxygen atoms in total. The first kappa shape index (κ1) is 9.69. The number of hydrogen-bond donors (Lipinski definition) is 0. The summed E-state index contributed by atoms with van der Waals surface area (Å²) in [7, 11) is -2.78. The van der Waals surface area contributed by atoms with Crippen LogP contribution in [0.1, 0.15) is 13.3 Å². The van der Waals surface area contributed by atoms with E-state index in [1.807, 2.05) is 6.92 Å². The second kappa shape index (κ2) is 3.76. The Balaban J connectivity index is 3.66. The first-order valence-electron chi connectivity index (χ1n) is 3.26. The lowest BCUT2D eigenvalue weighted by Crippen LogP contribution is -2.05. The second-order valence-electron chi connectivity index (χ2n) is 2.63. The van der Waals surface area contributed by atoms with Crippen molar-refractivity contribution in [2.45, 2.75) is 13.3 Å². The Morgan fingerprint density at radius 1 is 1.60 bits per heavy atom. The van der Waals surface area contributed by atoms with Gasteiger partial charge in [-0.3, -0.25) is 0 Å². The van der Waals surface area contributed by atoms with E-state index in [-0.39, 0.29) is 5.75 Å². The van der Waals surface area contributed by atoms with Gasteiger partial charge in [0.15, 0.2) is 0 Å². The lowest BCUT2D eigenvalue weighted by molar-refractivity contribution is 0.591. The van der Waals surface area contributed by atoms with Crippen LogP contribution in [0.25, 0.3) is 0 Å². The molecule has 0 fully saturated rings. The summed E-state index contributed by atoms with van der Waals surface area (Å²) < 4.78 is 21.2. The standard InChI is InChI=1S/C7H14O2S/c1-4-7(2)5-6-10(3,8)9/h4,7H,1,5-6H2,2-3H3. The zero-order valence-corrected chi connectivity index (χ0v) is 7.32. The van der Waals surface area contributed by atoms with E-state index in [0.29, 0.717) is 12.3 Å². The van der Waals surface area contributed by atoms with E-state index in [1.165, 1.54) is 6.26 Å². The molecule has 0 heterocycles. The first-order chi connectivity index (χ1) is 4.45. The van der Waals surface area contributed by atoms with Crippen LogP contribution in [-0.2, 0) is 9.84 Å². The van der Waals surface area contributed by atoms with Crippen LogP contribution < -0.4 is 0 Å². The lowest BCUT2D eigenvalue weighted by Gasteiger charge is -2.02. The Hall–Kier alpha value is -0.310. The van der Waals surface area contributed by atoms with Crippen LogP contribution in [0.15, 0.2) is 12.7 Å². The van der Waals surface area contributed by atoms with Gasteiger partial charge < -0.3 is 0 Å². The largest absolute Gasteiger partial charge is 0.229 e. The molecule has 1 atom stereocenters. The van der Waals surface area contributed by atoms with Crippen LogP contribution in [0.4, 0.5) is 0 Å². The molecule has 1 unspecified atom stereocenters. The molecular formula is C7H14O2S. The predicted molar refractivity (Wildman–Crippen MR) is 43.7 cm³/mol. The lowest BCUT2D eigenvalue weighted by atomic mass is 10.1. The highest BCUT2D eigenvalue weighted by atomic mass is 32.2. The van der Waals surface area contributed by atoms with E-state index in [9.17, 15) is 8.42 Å². The molecule has 3 heteroatoms. The van der Waals surface area contributed by atoms with Crippen molar-refractivity contribution >= 4 is 9.84 Å². The van der Waals surface area contributed by atoms with Crippen molar-refractivity contribution < 1.29 is 8.42 Å². The Morgan fingerprint density at radius 3 is 2.40 bits per heavy atom. The van der Waals surface area contributed by atoms with Gasteiger partial charge in [-0.25, -0.2) is 8.42 Å². The summed E-state index contributed by atoms with van der Waals surface area (Å²) in [5.41, 5.74) is 0. The molecule has 0 amide bonds. The van der Waals surface area contributed by atoms with Gasteiger partial charge in [-0.2, -0.15) is 0 Å².